The SMILES string of the molecule is CCOC(=O)Cc1cc(C#N)cc(CN)c1[N+](=O)[O-]. The highest BCUT2D eigenvalue weighted by Crippen LogP contribution is 2.26. The minimum Gasteiger partial charge on any atom is -0.466 e. The van der Waals surface area contributed by atoms with Crippen LogP contribution in [0, 0.1) is 21.4 Å². The number of hydrogen-bond donors (Lipinski definition) is 1. The van der Waals surface area contributed by atoms with Crippen LogP contribution < -0.4 is 5.73 Å². The molecule has 0 amide bonds. The topological polar surface area (TPSA) is 119 Å². The number of benzene rings is 1. The highest BCUT2D eigenvalue weighted by atomic mass is 16.6. The van der Waals surface area contributed by atoms with Crippen molar-refractivity contribution >= 4 is 11.7 Å². The van der Waals surface area contributed by atoms with E-state index in [2.05, 4.69) is 0 Å². The smallest absolute Gasteiger partial charge is 0.310 e. The molecule has 0 aromatic heterocycles. The summed E-state index contributed by atoms with van der Waals surface area (Å²) in [6.45, 7) is 1.75. The van der Waals surface area contributed by atoms with Crippen molar-refractivity contribution in [2.24, 2.45) is 5.73 Å². The summed E-state index contributed by atoms with van der Waals surface area (Å²) in [5, 5.41) is 19.9. The number of nitriles is 1. The summed E-state index contributed by atoms with van der Waals surface area (Å²) in [5.41, 5.74) is 5.81. The van der Waals surface area contributed by atoms with Gasteiger partial charge in [-0.15, -0.1) is 0 Å². The third-order valence-corrected chi connectivity index (χ3v) is 2.44. The minimum absolute atomic E-state index is 0.0817. The van der Waals surface area contributed by atoms with Gasteiger partial charge in [-0.2, -0.15) is 5.26 Å². The molecule has 0 radical (unpaired) electrons. The van der Waals surface area contributed by atoms with Gasteiger partial charge in [0.15, 0.2) is 0 Å². The Morgan fingerprint density at radius 1 is 1.53 bits per heavy atom. The molecular formula is C12H13N3O4. The summed E-state index contributed by atoms with van der Waals surface area (Å²) in [6.07, 6.45) is -0.257. The van der Waals surface area contributed by atoms with E-state index in [0.717, 1.165) is 0 Å². The van der Waals surface area contributed by atoms with E-state index >= 15 is 0 Å². The second kappa shape index (κ2) is 6.47. The minimum atomic E-state index is -0.599. The van der Waals surface area contributed by atoms with E-state index in [-0.39, 0.29) is 42.0 Å². The van der Waals surface area contributed by atoms with Crippen molar-refractivity contribution in [3.63, 3.8) is 0 Å². The first kappa shape index (κ1) is 14.6. The number of nitro benzene ring substituents is 1. The maximum absolute atomic E-state index is 11.4. The van der Waals surface area contributed by atoms with Gasteiger partial charge in [0.2, 0.25) is 0 Å². The summed E-state index contributed by atoms with van der Waals surface area (Å²) in [6, 6.07) is 4.55. The molecule has 2 N–H and O–H groups in total. The third-order valence-electron chi connectivity index (χ3n) is 2.44. The number of ether oxygens (including phenoxy) is 1. The number of hydrogen-bond acceptors (Lipinski definition) is 6. The van der Waals surface area contributed by atoms with Crippen molar-refractivity contribution in [2.45, 2.75) is 19.9 Å². The van der Waals surface area contributed by atoms with Gasteiger partial charge in [0.25, 0.3) is 5.69 Å². The van der Waals surface area contributed by atoms with Crippen LogP contribution in [-0.4, -0.2) is 17.5 Å². The van der Waals surface area contributed by atoms with Crippen molar-refractivity contribution in [1.29, 1.82) is 5.26 Å². The maximum Gasteiger partial charge on any atom is 0.310 e. The van der Waals surface area contributed by atoms with Crippen LogP contribution in [0.3, 0.4) is 0 Å². The fraction of sp³-hybridized carbons (Fsp3) is 0.333. The number of nitro groups is 1. The van der Waals surface area contributed by atoms with Gasteiger partial charge in [0, 0.05) is 17.7 Å². The van der Waals surface area contributed by atoms with E-state index in [1.54, 1.807) is 6.92 Å². The van der Waals surface area contributed by atoms with E-state index in [4.69, 9.17) is 15.7 Å². The van der Waals surface area contributed by atoms with Gasteiger partial charge in [0.1, 0.15) is 0 Å². The van der Waals surface area contributed by atoms with Gasteiger partial charge in [-0.3, -0.25) is 14.9 Å². The van der Waals surface area contributed by atoms with Crippen molar-refractivity contribution in [3.05, 3.63) is 38.9 Å². The zero-order chi connectivity index (χ0) is 14.4. The number of nitrogens with two attached hydrogens (primary N) is 1. The molecule has 19 heavy (non-hydrogen) atoms. The van der Waals surface area contributed by atoms with Crippen LogP contribution in [0.2, 0.25) is 0 Å². The number of carbonyl (C=O) groups is 1. The first-order chi connectivity index (χ1) is 9.03. The van der Waals surface area contributed by atoms with Gasteiger partial charge >= 0.3 is 5.97 Å². The average molecular weight is 263 g/mol. The Hall–Kier alpha value is -2.46. The van der Waals surface area contributed by atoms with Crippen molar-refractivity contribution in [1.82, 2.24) is 0 Å². The van der Waals surface area contributed by atoms with Gasteiger partial charge in [0.05, 0.1) is 29.6 Å². The lowest BCUT2D eigenvalue weighted by molar-refractivity contribution is -0.386. The van der Waals surface area contributed by atoms with Crippen LogP contribution in [-0.2, 0) is 22.5 Å². The Morgan fingerprint density at radius 3 is 2.63 bits per heavy atom. The van der Waals surface area contributed by atoms with E-state index in [0.29, 0.717) is 0 Å². The Kier molecular flexibility index (Phi) is 4.97. The van der Waals surface area contributed by atoms with Gasteiger partial charge in [-0.25, -0.2) is 0 Å². The molecule has 1 aromatic carbocycles. The Balaban J connectivity index is 3.30. The third kappa shape index (κ3) is 3.50. The molecule has 0 aliphatic carbocycles. The molecule has 0 aliphatic rings. The Morgan fingerprint density at radius 2 is 2.16 bits per heavy atom. The first-order valence-electron chi connectivity index (χ1n) is 5.59. The first-order valence-corrected chi connectivity index (χ1v) is 5.59. The second-order valence-electron chi connectivity index (χ2n) is 3.70. The van der Waals surface area contributed by atoms with Crippen LogP contribution in [0.25, 0.3) is 0 Å². The normalized spacial score (nSPS) is 9.74. The highest BCUT2D eigenvalue weighted by Gasteiger charge is 2.22. The van der Waals surface area contributed by atoms with Crippen molar-refractivity contribution in [3.8, 4) is 6.07 Å². The lowest BCUT2D eigenvalue weighted by Crippen LogP contribution is -2.12. The largest absolute Gasteiger partial charge is 0.466 e. The highest BCUT2D eigenvalue weighted by molar-refractivity contribution is 5.75. The van der Waals surface area contributed by atoms with Crippen LogP contribution >= 0.6 is 0 Å². The molecule has 0 aliphatic heterocycles. The molecule has 0 atom stereocenters. The van der Waals surface area contributed by atoms with Crippen LogP contribution in [0.1, 0.15) is 23.6 Å². The predicted molar refractivity (Wildman–Crippen MR) is 66.0 cm³/mol. The molecule has 0 spiro atoms. The number of carbonyl (C=O) groups excluding carboxylic acids is 1. The summed E-state index contributed by atoms with van der Waals surface area (Å²) in [7, 11) is 0. The van der Waals surface area contributed by atoms with Crippen LogP contribution in [0.15, 0.2) is 12.1 Å². The molecule has 0 fully saturated rings. The molecule has 0 unspecified atom stereocenters. The molecule has 1 aromatic rings. The Labute approximate surface area is 109 Å². The molecule has 100 valence electrons. The molecule has 7 nitrogen and oxygen atoms in total. The summed E-state index contributed by atoms with van der Waals surface area (Å²) >= 11 is 0. The van der Waals surface area contributed by atoms with E-state index in [1.165, 1.54) is 12.1 Å². The number of esters is 1. The monoisotopic (exact) mass is 263 g/mol. The zero-order valence-electron chi connectivity index (χ0n) is 10.4. The lowest BCUT2D eigenvalue weighted by Gasteiger charge is -2.07. The molecule has 0 bridgehead atoms. The number of rotatable bonds is 5. The van der Waals surface area contributed by atoms with Crippen LogP contribution in [0.4, 0.5) is 5.69 Å². The lowest BCUT2D eigenvalue weighted by atomic mass is 10.0. The van der Waals surface area contributed by atoms with Gasteiger partial charge in [-0.1, -0.05) is 0 Å². The summed E-state index contributed by atoms with van der Waals surface area (Å²) in [4.78, 5) is 21.9. The molecule has 0 heterocycles. The average Bonchev–Trinajstić information content (AvgIpc) is 2.37. The fourth-order valence-corrected chi connectivity index (χ4v) is 1.72. The standard InChI is InChI=1S/C12H13N3O4/c1-2-19-11(16)5-9-3-8(6-13)4-10(7-14)12(9)15(17)18/h3-4H,2,5,7,14H2,1H3. The van der Waals surface area contributed by atoms with E-state index in [1.807, 2.05) is 6.07 Å². The summed E-state index contributed by atoms with van der Waals surface area (Å²) in [5.74, 6) is -0.580. The molecule has 0 saturated carbocycles. The molecule has 1 rings (SSSR count). The Bertz CT molecular complexity index is 549. The zero-order valence-corrected chi connectivity index (χ0v) is 10.4. The second-order valence-corrected chi connectivity index (χ2v) is 3.70. The number of nitrogens with zero attached hydrogens (tertiary/aromatic N) is 2. The fourth-order valence-electron chi connectivity index (χ4n) is 1.72. The molecular weight excluding hydrogens is 250 g/mol. The van der Waals surface area contributed by atoms with Crippen LogP contribution in [0.5, 0.6) is 0 Å². The summed E-state index contributed by atoms with van der Waals surface area (Å²) < 4.78 is 4.75. The van der Waals surface area contributed by atoms with E-state index < -0.39 is 10.9 Å². The molecule has 0 saturated heterocycles. The predicted octanol–water partition coefficient (Wildman–Crippen LogP) is 1.03. The maximum atomic E-state index is 11.4. The van der Waals surface area contributed by atoms with Gasteiger partial charge < -0.3 is 10.5 Å². The van der Waals surface area contributed by atoms with Crippen molar-refractivity contribution in [2.75, 3.05) is 6.61 Å². The van der Waals surface area contributed by atoms with Crippen molar-refractivity contribution < 1.29 is 14.5 Å². The quantitative estimate of drug-likeness (QED) is 0.481. The molecule has 7 heteroatoms. The van der Waals surface area contributed by atoms with E-state index in [9.17, 15) is 14.9 Å². The van der Waals surface area contributed by atoms with Gasteiger partial charge in [-0.05, 0) is 19.1 Å².